The quantitative estimate of drug-likeness (QED) is 0.568. The molecule has 0 aromatic heterocycles. The summed E-state index contributed by atoms with van der Waals surface area (Å²) in [7, 11) is 0. The molecule has 0 radical (unpaired) electrons. The first-order chi connectivity index (χ1) is 11.0. The average molecular weight is 324 g/mol. The molecule has 1 heterocycles. The highest BCUT2D eigenvalue weighted by Crippen LogP contribution is 2.30. The van der Waals surface area contributed by atoms with Crippen molar-refractivity contribution in [1.29, 1.82) is 0 Å². The van der Waals surface area contributed by atoms with E-state index in [0.29, 0.717) is 6.42 Å². The minimum absolute atomic E-state index is 0.0727. The standard InChI is InChI=1S/C16H24N2O5/c17-15(16(22)18-9-3-4-10-18)11-5-1-2-6-12(11)23-14(21)8-7-13(19)20/h7-8,11-12,15H,1-6,9-10,17H2,(H,19,20)/t11-,12+,15+/m0/s1. The predicted molar refractivity (Wildman–Crippen MR) is 82.4 cm³/mol. The van der Waals surface area contributed by atoms with Gasteiger partial charge in [0.1, 0.15) is 6.10 Å². The fourth-order valence-electron chi connectivity index (χ4n) is 3.34. The van der Waals surface area contributed by atoms with E-state index in [0.717, 1.165) is 57.3 Å². The Balaban J connectivity index is 1.98. The third-order valence-corrected chi connectivity index (χ3v) is 4.55. The molecule has 2 rings (SSSR count). The first kappa shape index (κ1) is 17.5. The van der Waals surface area contributed by atoms with Gasteiger partial charge < -0.3 is 20.5 Å². The Labute approximate surface area is 135 Å². The van der Waals surface area contributed by atoms with Crippen molar-refractivity contribution in [1.82, 2.24) is 4.90 Å². The van der Waals surface area contributed by atoms with Crippen LogP contribution in [-0.2, 0) is 19.1 Å². The molecule has 0 unspecified atom stereocenters. The Morgan fingerprint density at radius 2 is 1.74 bits per heavy atom. The largest absolute Gasteiger partial charge is 0.478 e. The molecule has 3 N–H and O–H groups in total. The first-order valence-electron chi connectivity index (χ1n) is 8.15. The molecule has 23 heavy (non-hydrogen) atoms. The molecule has 1 saturated carbocycles. The Hall–Kier alpha value is -1.89. The Kier molecular flexibility index (Phi) is 6.15. The molecule has 0 aromatic rings. The monoisotopic (exact) mass is 324 g/mol. The molecule has 0 spiro atoms. The van der Waals surface area contributed by atoms with E-state index >= 15 is 0 Å². The number of nitrogens with two attached hydrogens (primary N) is 1. The lowest BCUT2D eigenvalue weighted by atomic mass is 9.81. The second-order valence-corrected chi connectivity index (χ2v) is 6.15. The van der Waals surface area contributed by atoms with E-state index in [1.54, 1.807) is 4.90 Å². The molecule has 0 bridgehead atoms. The van der Waals surface area contributed by atoms with Gasteiger partial charge in [-0.25, -0.2) is 9.59 Å². The summed E-state index contributed by atoms with van der Waals surface area (Å²) in [6, 6.07) is -0.672. The lowest BCUT2D eigenvalue weighted by Crippen LogP contribution is -2.51. The van der Waals surface area contributed by atoms with Crippen molar-refractivity contribution in [2.24, 2.45) is 11.7 Å². The van der Waals surface area contributed by atoms with Crippen molar-refractivity contribution < 1.29 is 24.2 Å². The summed E-state index contributed by atoms with van der Waals surface area (Å²) < 4.78 is 5.35. The zero-order chi connectivity index (χ0) is 16.8. The van der Waals surface area contributed by atoms with Gasteiger partial charge in [-0.3, -0.25) is 4.79 Å². The third-order valence-electron chi connectivity index (χ3n) is 4.55. The topological polar surface area (TPSA) is 110 Å². The number of carbonyl (C=O) groups excluding carboxylic acids is 2. The molecule has 1 saturated heterocycles. The Morgan fingerprint density at radius 1 is 1.09 bits per heavy atom. The van der Waals surface area contributed by atoms with Gasteiger partial charge in [-0.1, -0.05) is 6.42 Å². The number of hydrogen-bond donors (Lipinski definition) is 2. The summed E-state index contributed by atoms with van der Waals surface area (Å²) >= 11 is 0. The Bertz CT molecular complexity index is 485. The van der Waals surface area contributed by atoms with E-state index in [1.807, 2.05) is 0 Å². The van der Waals surface area contributed by atoms with E-state index < -0.39 is 24.1 Å². The average Bonchev–Trinajstić information content (AvgIpc) is 3.06. The van der Waals surface area contributed by atoms with Crippen LogP contribution in [-0.4, -0.2) is 53.1 Å². The van der Waals surface area contributed by atoms with Crippen LogP contribution < -0.4 is 5.73 Å². The maximum absolute atomic E-state index is 12.5. The van der Waals surface area contributed by atoms with E-state index in [9.17, 15) is 14.4 Å². The summed E-state index contributed by atoms with van der Waals surface area (Å²) in [4.78, 5) is 36.4. The van der Waals surface area contributed by atoms with Gasteiger partial charge in [-0.15, -0.1) is 0 Å². The van der Waals surface area contributed by atoms with Gasteiger partial charge in [0.25, 0.3) is 0 Å². The SMILES string of the molecule is N[C@@H](C(=O)N1CCCC1)[C@H]1CCCC[C@H]1OC(=O)C=CC(=O)O. The van der Waals surface area contributed by atoms with Gasteiger partial charge in [0.2, 0.25) is 5.91 Å². The summed E-state index contributed by atoms with van der Waals surface area (Å²) in [5.41, 5.74) is 6.17. The number of nitrogens with zero attached hydrogens (tertiary/aromatic N) is 1. The van der Waals surface area contributed by atoms with Crippen molar-refractivity contribution >= 4 is 17.8 Å². The lowest BCUT2D eigenvalue weighted by molar-refractivity contribution is -0.151. The number of esters is 1. The van der Waals surface area contributed by atoms with E-state index in [1.165, 1.54) is 0 Å². The fourth-order valence-corrected chi connectivity index (χ4v) is 3.34. The van der Waals surface area contributed by atoms with E-state index in [4.69, 9.17) is 15.6 Å². The molecule has 128 valence electrons. The van der Waals surface area contributed by atoms with Crippen LogP contribution in [0, 0.1) is 5.92 Å². The lowest BCUT2D eigenvalue weighted by Gasteiger charge is -2.35. The molecular weight excluding hydrogens is 300 g/mol. The van der Waals surface area contributed by atoms with Crippen LogP contribution in [0.2, 0.25) is 0 Å². The minimum atomic E-state index is -1.21. The summed E-state index contributed by atoms with van der Waals surface area (Å²) in [6.45, 7) is 1.48. The number of hydrogen-bond acceptors (Lipinski definition) is 5. The Morgan fingerprint density at radius 3 is 2.39 bits per heavy atom. The van der Waals surface area contributed by atoms with Crippen molar-refractivity contribution in [2.75, 3.05) is 13.1 Å². The van der Waals surface area contributed by atoms with Gasteiger partial charge >= 0.3 is 11.9 Å². The predicted octanol–water partition coefficient (Wildman–Crippen LogP) is 0.679. The zero-order valence-corrected chi connectivity index (χ0v) is 13.1. The molecule has 0 aromatic carbocycles. The summed E-state index contributed by atoms with van der Waals surface area (Å²) in [6.07, 6.45) is 6.45. The normalized spacial score (nSPS) is 26.2. The molecule has 2 aliphatic rings. The van der Waals surface area contributed by atoms with Crippen LogP contribution in [0.25, 0.3) is 0 Å². The van der Waals surface area contributed by atoms with E-state index in [-0.39, 0.29) is 11.8 Å². The van der Waals surface area contributed by atoms with Crippen LogP contribution in [0.5, 0.6) is 0 Å². The molecule has 1 amide bonds. The minimum Gasteiger partial charge on any atom is -0.478 e. The smallest absolute Gasteiger partial charge is 0.331 e. The number of carboxylic acids is 1. The molecule has 7 heteroatoms. The molecule has 2 fully saturated rings. The number of amides is 1. The zero-order valence-electron chi connectivity index (χ0n) is 13.1. The van der Waals surface area contributed by atoms with Crippen LogP contribution in [0.3, 0.4) is 0 Å². The molecule has 1 aliphatic heterocycles. The second kappa shape index (κ2) is 8.10. The van der Waals surface area contributed by atoms with Crippen molar-refractivity contribution in [3.8, 4) is 0 Å². The number of likely N-dealkylation sites (tertiary alicyclic amines) is 1. The number of aliphatic carboxylic acids is 1. The van der Waals surface area contributed by atoms with Gasteiger partial charge in [-0.2, -0.15) is 0 Å². The molecule has 7 nitrogen and oxygen atoms in total. The number of ether oxygens (including phenoxy) is 1. The second-order valence-electron chi connectivity index (χ2n) is 6.15. The highest BCUT2D eigenvalue weighted by Gasteiger charge is 2.37. The van der Waals surface area contributed by atoms with Crippen LogP contribution >= 0.6 is 0 Å². The van der Waals surface area contributed by atoms with Gasteiger partial charge in [0, 0.05) is 31.2 Å². The molecular formula is C16H24N2O5. The van der Waals surface area contributed by atoms with Crippen LogP contribution in [0.1, 0.15) is 38.5 Å². The molecule has 3 atom stereocenters. The number of carbonyl (C=O) groups is 3. The maximum Gasteiger partial charge on any atom is 0.331 e. The van der Waals surface area contributed by atoms with Crippen molar-refractivity contribution in [3.05, 3.63) is 12.2 Å². The van der Waals surface area contributed by atoms with E-state index in [2.05, 4.69) is 0 Å². The first-order valence-corrected chi connectivity index (χ1v) is 8.15. The van der Waals surface area contributed by atoms with Crippen molar-refractivity contribution in [3.63, 3.8) is 0 Å². The van der Waals surface area contributed by atoms with Crippen LogP contribution in [0.4, 0.5) is 0 Å². The highest BCUT2D eigenvalue weighted by molar-refractivity contribution is 5.90. The van der Waals surface area contributed by atoms with Crippen molar-refractivity contribution in [2.45, 2.75) is 50.7 Å². The third kappa shape index (κ3) is 4.79. The number of carboxylic acid groups (broad SMARTS) is 1. The van der Waals surface area contributed by atoms with Gasteiger partial charge in [0.15, 0.2) is 0 Å². The van der Waals surface area contributed by atoms with Gasteiger partial charge in [-0.05, 0) is 32.1 Å². The molecule has 1 aliphatic carbocycles. The maximum atomic E-state index is 12.5. The van der Waals surface area contributed by atoms with Crippen LogP contribution in [0.15, 0.2) is 12.2 Å². The summed E-state index contributed by atoms with van der Waals surface area (Å²) in [5.74, 6) is -2.19. The van der Waals surface area contributed by atoms with Gasteiger partial charge in [0.05, 0.1) is 6.04 Å². The highest BCUT2D eigenvalue weighted by atomic mass is 16.5. The summed E-state index contributed by atoms with van der Waals surface area (Å²) in [5, 5.41) is 8.54. The fraction of sp³-hybridized carbons (Fsp3) is 0.688. The number of rotatable bonds is 5.